The lowest BCUT2D eigenvalue weighted by atomic mass is 10.2. The maximum absolute atomic E-state index is 13.0. The second-order valence-corrected chi connectivity index (χ2v) is 14.8. The molecule has 1 amide bonds. The average Bonchev–Trinajstić information content (AvgIpc) is 3.35. The SMILES string of the molecule is CC(C)(C)OC(=O)CN1CCN(CC(=O)Nc2nc(C(=O)O)co2)CCN(CC(=O)OC(C)(C)C)CCN(CC(=O)OC(C)(C)C)CC1. The molecule has 0 unspecified atom stereocenters. The van der Waals surface area contributed by atoms with Crippen LogP contribution in [0, 0.1) is 0 Å². The number of carboxylic acids is 1. The van der Waals surface area contributed by atoms with Gasteiger partial charge in [0.15, 0.2) is 5.69 Å². The molecule has 1 aromatic rings. The molecule has 0 aliphatic carbocycles. The van der Waals surface area contributed by atoms with Crippen molar-refractivity contribution in [1.82, 2.24) is 24.6 Å². The van der Waals surface area contributed by atoms with E-state index in [1.54, 1.807) is 62.3 Å². The lowest BCUT2D eigenvalue weighted by Crippen LogP contribution is -2.50. The number of amides is 1. The van der Waals surface area contributed by atoms with Crippen LogP contribution in [0.1, 0.15) is 72.8 Å². The number of ether oxygens (including phenoxy) is 3. The van der Waals surface area contributed by atoms with Crippen LogP contribution >= 0.6 is 0 Å². The van der Waals surface area contributed by atoms with Crippen molar-refractivity contribution in [3.05, 3.63) is 12.0 Å². The highest BCUT2D eigenvalue weighted by Gasteiger charge is 2.26. The molecule has 1 saturated heterocycles. The summed E-state index contributed by atoms with van der Waals surface area (Å²) in [5.74, 6) is -2.96. The predicted octanol–water partition coefficient (Wildman–Crippen LogP) is 1.56. The van der Waals surface area contributed by atoms with Crippen LogP contribution in [-0.2, 0) is 33.4 Å². The van der Waals surface area contributed by atoms with Gasteiger partial charge in [-0.05, 0) is 62.3 Å². The van der Waals surface area contributed by atoms with Gasteiger partial charge in [0.25, 0.3) is 0 Å². The van der Waals surface area contributed by atoms with Gasteiger partial charge in [0.2, 0.25) is 5.91 Å². The van der Waals surface area contributed by atoms with Crippen LogP contribution in [0.25, 0.3) is 0 Å². The minimum Gasteiger partial charge on any atom is -0.476 e. The van der Waals surface area contributed by atoms with Crippen LogP contribution in [0.4, 0.5) is 6.01 Å². The molecule has 2 N–H and O–H groups in total. The Kier molecular flexibility index (Phi) is 15.0. The number of oxazole rings is 1. The lowest BCUT2D eigenvalue weighted by Gasteiger charge is -2.34. The van der Waals surface area contributed by atoms with E-state index in [9.17, 15) is 24.0 Å². The number of carbonyl (C=O) groups excluding carboxylic acids is 4. The summed E-state index contributed by atoms with van der Waals surface area (Å²) in [4.78, 5) is 74.0. The van der Waals surface area contributed by atoms with Crippen molar-refractivity contribution in [3.8, 4) is 0 Å². The van der Waals surface area contributed by atoms with Crippen LogP contribution in [-0.4, -0.2) is 155 Å². The average molecular weight is 683 g/mol. The highest BCUT2D eigenvalue weighted by atomic mass is 16.6. The van der Waals surface area contributed by atoms with E-state index in [2.05, 4.69) is 10.3 Å². The third-order valence-electron chi connectivity index (χ3n) is 6.58. The van der Waals surface area contributed by atoms with Crippen molar-refractivity contribution in [2.75, 3.05) is 83.9 Å². The second-order valence-electron chi connectivity index (χ2n) is 14.8. The van der Waals surface area contributed by atoms with Gasteiger partial charge in [-0.1, -0.05) is 0 Å². The molecule has 48 heavy (non-hydrogen) atoms. The second kappa shape index (κ2) is 17.7. The molecule has 0 spiro atoms. The highest BCUT2D eigenvalue weighted by molar-refractivity contribution is 5.91. The predicted molar refractivity (Wildman–Crippen MR) is 175 cm³/mol. The van der Waals surface area contributed by atoms with Gasteiger partial charge in [0.05, 0.1) is 26.2 Å². The van der Waals surface area contributed by atoms with Crippen LogP contribution < -0.4 is 5.32 Å². The molecule has 0 aromatic carbocycles. The van der Waals surface area contributed by atoms with Crippen molar-refractivity contribution in [1.29, 1.82) is 0 Å². The van der Waals surface area contributed by atoms with E-state index >= 15 is 0 Å². The van der Waals surface area contributed by atoms with E-state index in [1.165, 1.54) is 0 Å². The van der Waals surface area contributed by atoms with E-state index in [1.807, 2.05) is 19.6 Å². The standard InChI is InChI=1S/C32H54N6O10/c1-30(2,3)46-25(40)19-36-12-10-35(18-24(39)34-29-33-23(22-45-29)28(43)44)11-13-37(20-26(41)47-31(4,5)6)15-17-38(16-14-36)21-27(42)48-32(7,8)9/h22H,10-21H2,1-9H3,(H,43,44)(H,33,34,39). The van der Waals surface area contributed by atoms with Crippen molar-refractivity contribution < 1.29 is 47.7 Å². The van der Waals surface area contributed by atoms with Gasteiger partial charge in [-0.15, -0.1) is 0 Å². The van der Waals surface area contributed by atoms with Crippen LogP contribution in [0.2, 0.25) is 0 Å². The molecule has 16 heteroatoms. The number of hydrogen-bond donors (Lipinski definition) is 2. The van der Waals surface area contributed by atoms with E-state index in [0.717, 1.165) is 6.26 Å². The summed E-state index contributed by atoms with van der Waals surface area (Å²) in [5, 5.41) is 11.6. The molecule has 1 aromatic heterocycles. The first kappa shape index (κ1) is 40.6. The Morgan fingerprint density at radius 3 is 1.23 bits per heavy atom. The Bertz CT molecular complexity index is 1200. The van der Waals surface area contributed by atoms with Gasteiger partial charge in [-0.2, -0.15) is 4.98 Å². The van der Waals surface area contributed by atoms with Crippen LogP contribution in [0.15, 0.2) is 10.7 Å². The Balaban J connectivity index is 2.29. The minimum atomic E-state index is -1.29. The molecule has 2 heterocycles. The Hall–Kier alpha value is -3.60. The molecule has 272 valence electrons. The lowest BCUT2D eigenvalue weighted by molar-refractivity contribution is -0.158. The van der Waals surface area contributed by atoms with E-state index in [-0.39, 0.29) is 43.9 Å². The monoisotopic (exact) mass is 682 g/mol. The van der Waals surface area contributed by atoms with Crippen molar-refractivity contribution in [2.45, 2.75) is 79.1 Å². The fourth-order valence-electron chi connectivity index (χ4n) is 4.67. The Morgan fingerprint density at radius 1 is 0.646 bits per heavy atom. The molecule has 1 aliphatic rings. The number of carbonyl (C=O) groups is 5. The minimum absolute atomic E-state index is 0.00334. The first-order valence-electron chi connectivity index (χ1n) is 16.1. The Morgan fingerprint density at radius 2 is 0.958 bits per heavy atom. The van der Waals surface area contributed by atoms with Gasteiger partial charge >= 0.3 is 29.9 Å². The quantitative estimate of drug-likeness (QED) is 0.267. The zero-order valence-electron chi connectivity index (χ0n) is 29.9. The largest absolute Gasteiger partial charge is 0.476 e. The smallest absolute Gasteiger partial charge is 0.357 e. The molecule has 0 saturated carbocycles. The zero-order chi connectivity index (χ0) is 36.3. The fraction of sp³-hybridized carbons (Fsp3) is 0.750. The van der Waals surface area contributed by atoms with E-state index in [0.29, 0.717) is 52.4 Å². The third kappa shape index (κ3) is 17.5. The fourth-order valence-corrected chi connectivity index (χ4v) is 4.67. The number of nitrogens with zero attached hydrogens (tertiary/aromatic N) is 5. The maximum Gasteiger partial charge on any atom is 0.357 e. The number of aromatic nitrogens is 1. The molecular formula is C32H54N6O10. The zero-order valence-corrected chi connectivity index (χ0v) is 29.9. The number of rotatable bonds is 10. The van der Waals surface area contributed by atoms with Crippen molar-refractivity contribution >= 4 is 35.8 Å². The van der Waals surface area contributed by atoms with Crippen LogP contribution in [0.5, 0.6) is 0 Å². The topological polar surface area (TPSA) is 184 Å². The molecule has 16 nitrogen and oxygen atoms in total. The molecule has 1 fully saturated rings. The first-order chi connectivity index (χ1) is 22.1. The van der Waals surface area contributed by atoms with Gasteiger partial charge in [-0.25, -0.2) is 4.79 Å². The molecule has 0 bridgehead atoms. The number of esters is 3. The van der Waals surface area contributed by atoms with Crippen molar-refractivity contribution in [3.63, 3.8) is 0 Å². The molecular weight excluding hydrogens is 628 g/mol. The number of aromatic carboxylic acids is 1. The first-order valence-corrected chi connectivity index (χ1v) is 16.1. The number of hydrogen-bond acceptors (Lipinski definition) is 14. The van der Waals surface area contributed by atoms with Gasteiger partial charge in [0.1, 0.15) is 23.1 Å². The van der Waals surface area contributed by atoms with Crippen molar-refractivity contribution in [2.24, 2.45) is 0 Å². The summed E-state index contributed by atoms with van der Waals surface area (Å²) in [6.45, 7) is 19.2. The van der Waals surface area contributed by atoms with Gasteiger partial charge in [-0.3, -0.25) is 44.1 Å². The number of carboxylic acid groups (broad SMARTS) is 1. The molecule has 0 atom stereocenters. The molecule has 0 radical (unpaired) electrons. The number of anilines is 1. The Labute approximate surface area is 283 Å². The third-order valence-corrected chi connectivity index (χ3v) is 6.58. The number of nitrogens with one attached hydrogen (secondary N) is 1. The summed E-state index contributed by atoms with van der Waals surface area (Å²) >= 11 is 0. The van der Waals surface area contributed by atoms with Crippen LogP contribution in [0.3, 0.4) is 0 Å². The normalized spacial score (nSPS) is 17.1. The summed E-state index contributed by atoms with van der Waals surface area (Å²) in [7, 11) is 0. The van der Waals surface area contributed by atoms with Gasteiger partial charge in [0, 0.05) is 52.4 Å². The highest BCUT2D eigenvalue weighted by Crippen LogP contribution is 2.12. The summed E-state index contributed by atoms with van der Waals surface area (Å²) in [5.41, 5.74) is -2.34. The van der Waals surface area contributed by atoms with E-state index < -0.39 is 40.6 Å². The van der Waals surface area contributed by atoms with Gasteiger partial charge < -0.3 is 23.7 Å². The van der Waals surface area contributed by atoms with E-state index in [4.69, 9.17) is 23.7 Å². The molecule has 2 rings (SSSR count). The maximum atomic E-state index is 13.0. The summed E-state index contributed by atoms with van der Waals surface area (Å²) in [6, 6.07) is -0.241. The molecule has 1 aliphatic heterocycles. The summed E-state index contributed by atoms with van der Waals surface area (Å²) in [6.07, 6.45) is 0.934. The summed E-state index contributed by atoms with van der Waals surface area (Å²) < 4.78 is 21.8.